The van der Waals surface area contributed by atoms with Crippen LogP contribution in [0.1, 0.15) is 69.3 Å². The molecule has 1 aliphatic rings. The molecule has 1 saturated heterocycles. The molecule has 2 rings (SSSR count). The highest BCUT2D eigenvalue weighted by molar-refractivity contribution is 5.94. The zero-order valence-corrected chi connectivity index (χ0v) is 17.7. The molecule has 28 heavy (non-hydrogen) atoms. The Labute approximate surface area is 169 Å². The van der Waals surface area contributed by atoms with E-state index >= 15 is 0 Å². The molecule has 1 aliphatic heterocycles. The maximum atomic E-state index is 12.3. The molecule has 1 fully saturated rings. The second kappa shape index (κ2) is 10.5. The first kappa shape index (κ1) is 22.2. The van der Waals surface area contributed by atoms with Gasteiger partial charge in [0.25, 0.3) is 5.91 Å². The lowest BCUT2D eigenvalue weighted by Gasteiger charge is -2.33. The summed E-state index contributed by atoms with van der Waals surface area (Å²) in [4.78, 5) is 26.5. The number of likely N-dealkylation sites (tertiary alicyclic amines) is 1. The summed E-state index contributed by atoms with van der Waals surface area (Å²) < 4.78 is 5.21. The molecular formula is C22H35N3O3. The van der Waals surface area contributed by atoms with Crippen LogP contribution in [0.25, 0.3) is 0 Å². The van der Waals surface area contributed by atoms with Crippen LogP contribution in [0.4, 0.5) is 4.79 Å². The molecule has 6 nitrogen and oxygen atoms in total. The van der Waals surface area contributed by atoms with Crippen molar-refractivity contribution in [3.63, 3.8) is 0 Å². The lowest BCUT2D eigenvalue weighted by Crippen LogP contribution is -2.39. The van der Waals surface area contributed by atoms with E-state index in [0.717, 1.165) is 18.5 Å². The molecule has 0 unspecified atom stereocenters. The molecule has 0 radical (unpaired) electrons. The number of nitrogens with zero attached hydrogens (tertiary/aromatic N) is 1. The zero-order valence-electron chi connectivity index (χ0n) is 17.7. The highest BCUT2D eigenvalue weighted by Gasteiger charge is 2.17. The quantitative estimate of drug-likeness (QED) is 0.698. The monoisotopic (exact) mass is 389 g/mol. The van der Waals surface area contributed by atoms with E-state index < -0.39 is 11.7 Å². The summed E-state index contributed by atoms with van der Waals surface area (Å²) in [6.45, 7) is 11.0. The number of alkyl carbamates (subject to hydrolysis) is 1. The van der Waals surface area contributed by atoms with E-state index in [1.165, 1.54) is 25.8 Å². The molecule has 156 valence electrons. The fourth-order valence-electron chi connectivity index (χ4n) is 3.34. The smallest absolute Gasteiger partial charge is 0.407 e. The SMILES string of the molecule is C[C@H]1CCCCN1CCCNC(=O)c1ccc(CNC(=O)OC(C)(C)C)cc1. The number of piperidine rings is 1. The second-order valence-corrected chi connectivity index (χ2v) is 8.54. The number of amides is 2. The maximum absolute atomic E-state index is 12.3. The van der Waals surface area contributed by atoms with E-state index in [-0.39, 0.29) is 5.91 Å². The first-order valence-electron chi connectivity index (χ1n) is 10.3. The number of carbonyl (C=O) groups is 2. The lowest BCUT2D eigenvalue weighted by molar-refractivity contribution is 0.0523. The van der Waals surface area contributed by atoms with Gasteiger partial charge in [-0.2, -0.15) is 0 Å². The van der Waals surface area contributed by atoms with Gasteiger partial charge in [0.1, 0.15) is 5.60 Å². The largest absolute Gasteiger partial charge is 0.444 e. The van der Waals surface area contributed by atoms with Crippen LogP contribution >= 0.6 is 0 Å². The molecule has 2 N–H and O–H groups in total. The Kier molecular flexibility index (Phi) is 8.30. The Morgan fingerprint density at radius 2 is 1.86 bits per heavy atom. The molecule has 6 heteroatoms. The summed E-state index contributed by atoms with van der Waals surface area (Å²) in [6.07, 6.45) is 4.41. The standard InChI is InChI=1S/C22H35N3O3/c1-17-8-5-6-14-25(17)15-7-13-23-20(26)19-11-9-18(10-12-19)16-24-21(27)28-22(2,3)4/h9-12,17H,5-8,13-16H2,1-4H3,(H,23,26)(H,24,27)/t17-/m0/s1. The van der Waals surface area contributed by atoms with Crippen LogP contribution in [-0.4, -0.2) is 48.2 Å². The molecule has 1 aromatic rings. The summed E-state index contributed by atoms with van der Waals surface area (Å²) in [5.41, 5.74) is 1.03. The van der Waals surface area contributed by atoms with E-state index in [1.54, 1.807) is 12.1 Å². The van der Waals surface area contributed by atoms with Gasteiger partial charge in [-0.25, -0.2) is 4.79 Å². The van der Waals surface area contributed by atoms with Gasteiger partial charge < -0.3 is 20.3 Å². The average molecular weight is 390 g/mol. The summed E-state index contributed by atoms with van der Waals surface area (Å²) >= 11 is 0. The summed E-state index contributed by atoms with van der Waals surface area (Å²) in [6, 6.07) is 7.93. The van der Waals surface area contributed by atoms with E-state index in [1.807, 2.05) is 32.9 Å². The number of ether oxygens (including phenoxy) is 1. The normalized spacial score (nSPS) is 17.8. The molecule has 1 heterocycles. The minimum absolute atomic E-state index is 0.0571. The lowest BCUT2D eigenvalue weighted by atomic mass is 10.0. The number of rotatable bonds is 7. The van der Waals surface area contributed by atoms with Gasteiger partial charge in [-0.3, -0.25) is 4.79 Å². The van der Waals surface area contributed by atoms with Crippen molar-refractivity contribution in [2.24, 2.45) is 0 Å². The van der Waals surface area contributed by atoms with E-state index in [4.69, 9.17) is 4.74 Å². The highest BCUT2D eigenvalue weighted by Crippen LogP contribution is 2.16. The van der Waals surface area contributed by atoms with Crippen LogP contribution in [0, 0.1) is 0 Å². The molecule has 1 aromatic carbocycles. The van der Waals surface area contributed by atoms with Gasteiger partial charge in [0.2, 0.25) is 0 Å². The van der Waals surface area contributed by atoms with Gasteiger partial charge in [-0.1, -0.05) is 18.6 Å². The molecule has 1 atom stereocenters. The van der Waals surface area contributed by atoms with Crippen molar-refractivity contribution in [2.75, 3.05) is 19.6 Å². The third-order valence-electron chi connectivity index (χ3n) is 4.90. The average Bonchev–Trinajstić information content (AvgIpc) is 2.64. The minimum atomic E-state index is -0.516. The van der Waals surface area contributed by atoms with E-state index in [9.17, 15) is 9.59 Å². The Bertz CT molecular complexity index is 637. The van der Waals surface area contributed by atoms with Crippen molar-refractivity contribution in [3.05, 3.63) is 35.4 Å². The van der Waals surface area contributed by atoms with Crippen molar-refractivity contribution in [1.82, 2.24) is 15.5 Å². The number of nitrogens with one attached hydrogen (secondary N) is 2. The van der Waals surface area contributed by atoms with Gasteiger partial charge >= 0.3 is 6.09 Å². The van der Waals surface area contributed by atoms with Gasteiger partial charge in [-0.05, 0) is 71.2 Å². The predicted octanol–water partition coefficient (Wildman–Crippen LogP) is 3.71. The minimum Gasteiger partial charge on any atom is -0.444 e. The zero-order chi connectivity index (χ0) is 20.6. The van der Waals surface area contributed by atoms with Gasteiger partial charge in [0.15, 0.2) is 0 Å². The predicted molar refractivity (Wildman–Crippen MR) is 111 cm³/mol. The molecule has 0 saturated carbocycles. The maximum Gasteiger partial charge on any atom is 0.407 e. The van der Waals surface area contributed by atoms with E-state index in [2.05, 4.69) is 22.5 Å². The number of benzene rings is 1. The molecule has 2 amide bonds. The van der Waals surface area contributed by atoms with Crippen molar-refractivity contribution in [3.8, 4) is 0 Å². The van der Waals surface area contributed by atoms with Crippen LogP contribution in [-0.2, 0) is 11.3 Å². The topological polar surface area (TPSA) is 70.7 Å². The molecule has 0 bridgehead atoms. The Morgan fingerprint density at radius 1 is 1.14 bits per heavy atom. The Morgan fingerprint density at radius 3 is 2.50 bits per heavy atom. The van der Waals surface area contributed by atoms with Crippen molar-refractivity contribution < 1.29 is 14.3 Å². The van der Waals surface area contributed by atoms with Crippen LogP contribution < -0.4 is 10.6 Å². The van der Waals surface area contributed by atoms with Crippen LogP contribution in [0.5, 0.6) is 0 Å². The number of hydrogen-bond donors (Lipinski definition) is 2. The molecule has 0 aliphatic carbocycles. The van der Waals surface area contributed by atoms with E-state index in [0.29, 0.717) is 24.7 Å². The number of hydrogen-bond acceptors (Lipinski definition) is 4. The Balaban J connectivity index is 1.69. The first-order chi connectivity index (χ1) is 13.2. The summed E-state index contributed by atoms with van der Waals surface area (Å²) in [5, 5.41) is 5.71. The highest BCUT2D eigenvalue weighted by atomic mass is 16.6. The molecule has 0 spiro atoms. The molecule has 0 aromatic heterocycles. The van der Waals surface area contributed by atoms with Crippen molar-refractivity contribution in [1.29, 1.82) is 0 Å². The van der Waals surface area contributed by atoms with Crippen LogP contribution in [0.3, 0.4) is 0 Å². The van der Waals surface area contributed by atoms with Crippen LogP contribution in [0.2, 0.25) is 0 Å². The van der Waals surface area contributed by atoms with Gasteiger partial charge in [0, 0.05) is 31.2 Å². The van der Waals surface area contributed by atoms with Crippen molar-refractivity contribution >= 4 is 12.0 Å². The van der Waals surface area contributed by atoms with Crippen LogP contribution in [0.15, 0.2) is 24.3 Å². The number of carbonyl (C=O) groups excluding carboxylic acids is 2. The van der Waals surface area contributed by atoms with Gasteiger partial charge in [0.05, 0.1) is 0 Å². The third-order valence-corrected chi connectivity index (χ3v) is 4.90. The fraction of sp³-hybridized carbons (Fsp3) is 0.636. The fourth-order valence-corrected chi connectivity index (χ4v) is 3.34. The second-order valence-electron chi connectivity index (χ2n) is 8.54. The van der Waals surface area contributed by atoms with Gasteiger partial charge in [-0.15, -0.1) is 0 Å². The Hall–Kier alpha value is -2.08. The summed E-state index contributed by atoms with van der Waals surface area (Å²) in [5.74, 6) is -0.0571. The first-order valence-corrected chi connectivity index (χ1v) is 10.3. The van der Waals surface area contributed by atoms with Crippen molar-refractivity contribution in [2.45, 2.75) is 71.6 Å². The third kappa shape index (κ3) is 7.89. The molecular weight excluding hydrogens is 354 g/mol. The summed E-state index contributed by atoms with van der Waals surface area (Å²) in [7, 11) is 0.